The van der Waals surface area contributed by atoms with Gasteiger partial charge in [0.05, 0.1) is 30.0 Å². The van der Waals surface area contributed by atoms with Gasteiger partial charge in [0.2, 0.25) is 0 Å². The second-order valence-corrected chi connectivity index (χ2v) is 6.14. The van der Waals surface area contributed by atoms with Gasteiger partial charge in [0, 0.05) is 19.1 Å². The van der Waals surface area contributed by atoms with Gasteiger partial charge in [-0.1, -0.05) is 30.7 Å². The fourth-order valence-electron chi connectivity index (χ4n) is 2.85. The van der Waals surface area contributed by atoms with Crippen molar-refractivity contribution in [2.45, 2.75) is 44.8 Å². The Hall–Kier alpha value is -0.770. The average molecular weight is 295 g/mol. The summed E-state index contributed by atoms with van der Waals surface area (Å²) in [5.41, 5.74) is 2.52. The van der Waals surface area contributed by atoms with E-state index in [9.17, 15) is 0 Å². The minimum atomic E-state index is 0.434. The third-order valence-electron chi connectivity index (χ3n) is 4.21. The van der Waals surface area contributed by atoms with Crippen molar-refractivity contribution in [3.8, 4) is 0 Å². The highest BCUT2D eigenvalue weighted by atomic mass is 35.5. The smallest absolute Gasteiger partial charge is 0.0670 e. The third kappa shape index (κ3) is 3.11. The molecule has 0 aromatic heterocycles. The molecule has 1 heterocycles. The number of para-hydroxylation sites is 1. The minimum absolute atomic E-state index is 0.434. The van der Waals surface area contributed by atoms with Crippen LogP contribution in [-0.2, 0) is 11.3 Å². The van der Waals surface area contributed by atoms with Gasteiger partial charge in [-0.15, -0.1) is 0 Å². The minimum Gasteiger partial charge on any atom is -0.377 e. The molecule has 1 aromatic rings. The number of nitrogens with one attached hydrogen (secondary N) is 1. The summed E-state index contributed by atoms with van der Waals surface area (Å²) in [4.78, 5) is 2.44. The molecule has 4 heteroatoms. The molecule has 1 saturated heterocycles. The van der Waals surface area contributed by atoms with E-state index in [0.717, 1.165) is 37.7 Å². The van der Waals surface area contributed by atoms with Crippen LogP contribution in [-0.4, -0.2) is 31.8 Å². The van der Waals surface area contributed by atoms with Crippen molar-refractivity contribution >= 4 is 17.3 Å². The van der Waals surface area contributed by atoms with Gasteiger partial charge in [-0.25, -0.2) is 0 Å². The first kappa shape index (κ1) is 14.2. The summed E-state index contributed by atoms with van der Waals surface area (Å²) in [7, 11) is 0. The molecule has 1 saturated carbocycles. The van der Waals surface area contributed by atoms with E-state index in [-0.39, 0.29) is 0 Å². The Morgan fingerprint density at radius 2 is 2.25 bits per heavy atom. The molecule has 1 aliphatic heterocycles. The van der Waals surface area contributed by atoms with Gasteiger partial charge in [0.25, 0.3) is 0 Å². The van der Waals surface area contributed by atoms with Crippen LogP contribution >= 0.6 is 11.6 Å². The summed E-state index contributed by atoms with van der Waals surface area (Å²) < 4.78 is 5.61. The van der Waals surface area contributed by atoms with Crippen molar-refractivity contribution in [2.24, 2.45) is 0 Å². The summed E-state index contributed by atoms with van der Waals surface area (Å²) in [5.74, 6) is 0. The summed E-state index contributed by atoms with van der Waals surface area (Å²) >= 11 is 6.51. The lowest BCUT2D eigenvalue weighted by Gasteiger charge is -2.38. The lowest BCUT2D eigenvalue weighted by Crippen LogP contribution is -2.46. The zero-order chi connectivity index (χ0) is 13.9. The number of ether oxygens (including phenoxy) is 1. The van der Waals surface area contributed by atoms with Crippen molar-refractivity contribution in [2.75, 3.05) is 24.7 Å². The van der Waals surface area contributed by atoms with Gasteiger partial charge in [-0.05, 0) is 30.9 Å². The number of rotatable bonds is 5. The highest BCUT2D eigenvalue weighted by molar-refractivity contribution is 6.33. The van der Waals surface area contributed by atoms with Crippen molar-refractivity contribution in [3.63, 3.8) is 0 Å². The van der Waals surface area contributed by atoms with E-state index >= 15 is 0 Å². The van der Waals surface area contributed by atoms with Crippen LogP contribution in [0.4, 0.5) is 5.69 Å². The second-order valence-electron chi connectivity index (χ2n) is 5.73. The zero-order valence-electron chi connectivity index (χ0n) is 12.1. The van der Waals surface area contributed by atoms with Crippen LogP contribution in [0.5, 0.6) is 0 Å². The molecule has 0 bridgehead atoms. The second kappa shape index (κ2) is 6.33. The highest BCUT2D eigenvalue weighted by Gasteiger charge is 2.26. The standard InChI is InChI=1S/C16H23ClN2O/c1-2-14-11-20-9-8-19(14)16-12(4-3-5-15(16)17)10-18-13-6-7-13/h3-5,13-14,18H,2,6-11H2,1H3. The number of hydrogen-bond donors (Lipinski definition) is 1. The molecule has 1 aromatic carbocycles. The van der Waals surface area contributed by atoms with E-state index in [1.807, 2.05) is 6.07 Å². The molecule has 1 atom stereocenters. The lowest BCUT2D eigenvalue weighted by molar-refractivity contribution is 0.0929. The molecule has 0 amide bonds. The Bertz CT molecular complexity index is 462. The Labute approximate surface area is 126 Å². The summed E-state index contributed by atoms with van der Waals surface area (Å²) in [6.45, 7) is 5.65. The van der Waals surface area contributed by atoms with Crippen molar-refractivity contribution in [1.82, 2.24) is 5.32 Å². The van der Waals surface area contributed by atoms with E-state index in [1.54, 1.807) is 0 Å². The molecule has 1 unspecified atom stereocenters. The number of benzene rings is 1. The van der Waals surface area contributed by atoms with Crippen molar-refractivity contribution in [3.05, 3.63) is 28.8 Å². The van der Waals surface area contributed by atoms with Gasteiger partial charge in [0.1, 0.15) is 0 Å². The van der Waals surface area contributed by atoms with Crippen molar-refractivity contribution in [1.29, 1.82) is 0 Å². The highest BCUT2D eigenvalue weighted by Crippen LogP contribution is 2.33. The van der Waals surface area contributed by atoms with E-state index in [0.29, 0.717) is 12.1 Å². The topological polar surface area (TPSA) is 24.5 Å². The van der Waals surface area contributed by atoms with E-state index in [2.05, 4.69) is 29.3 Å². The molecule has 110 valence electrons. The maximum Gasteiger partial charge on any atom is 0.0670 e. The summed E-state index contributed by atoms with van der Waals surface area (Å²) in [6, 6.07) is 7.40. The largest absolute Gasteiger partial charge is 0.377 e. The van der Waals surface area contributed by atoms with Gasteiger partial charge in [-0.2, -0.15) is 0 Å². The first-order chi connectivity index (χ1) is 9.79. The van der Waals surface area contributed by atoms with Gasteiger partial charge < -0.3 is 15.0 Å². The Morgan fingerprint density at radius 3 is 3.00 bits per heavy atom. The Morgan fingerprint density at radius 1 is 1.40 bits per heavy atom. The molecule has 3 rings (SSSR count). The van der Waals surface area contributed by atoms with E-state index in [4.69, 9.17) is 16.3 Å². The molecular formula is C16H23ClN2O. The first-order valence-electron chi connectivity index (χ1n) is 7.64. The number of anilines is 1. The normalized spacial score (nSPS) is 23.1. The van der Waals surface area contributed by atoms with Crippen LogP contribution in [0.1, 0.15) is 31.7 Å². The van der Waals surface area contributed by atoms with Crippen LogP contribution in [0, 0.1) is 0 Å². The Kier molecular flexibility index (Phi) is 4.49. The lowest BCUT2D eigenvalue weighted by atomic mass is 10.1. The summed E-state index contributed by atoms with van der Waals surface area (Å²) in [6.07, 6.45) is 3.71. The molecule has 0 spiro atoms. The average Bonchev–Trinajstić information content (AvgIpc) is 3.29. The SMILES string of the molecule is CCC1COCCN1c1c(Cl)cccc1CNC1CC1. The maximum absolute atomic E-state index is 6.51. The van der Waals surface area contributed by atoms with Crippen molar-refractivity contribution < 1.29 is 4.74 Å². The number of hydrogen-bond acceptors (Lipinski definition) is 3. The van der Waals surface area contributed by atoms with Gasteiger partial charge >= 0.3 is 0 Å². The van der Waals surface area contributed by atoms with E-state index in [1.165, 1.54) is 24.1 Å². The molecule has 2 aliphatic rings. The molecule has 2 fully saturated rings. The fourth-order valence-corrected chi connectivity index (χ4v) is 3.16. The predicted octanol–water partition coefficient (Wildman–Crippen LogP) is 3.21. The quantitative estimate of drug-likeness (QED) is 0.902. The predicted molar refractivity (Wildman–Crippen MR) is 83.6 cm³/mol. The third-order valence-corrected chi connectivity index (χ3v) is 4.52. The maximum atomic E-state index is 6.51. The van der Waals surface area contributed by atoms with Crippen LogP contribution < -0.4 is 10.2 Å². The van der Waals surface area contributed by atoms with Crippen LogP contribution in [0.25, 0.3) is 0 Å². The first-order valence-corrected chi connectivity index (χ1v) is 8.02. The molecule has 0 radical (unpaired) electrons. The van der Waals surface area contributed by atoms with Gasteiger partial charge in [0.15, 0.2) is 0 Å². The summed E-state index contributed by atoms with van der Waals surface area (Å²) in [5, 5.41) is 4.46. The number of morpholine rings is 1. The molecule has 3 nitrogen and oxygen atoms in total. The number of nitrogens with zero attached hydrogens (tertiary/aromatic N) is 1. The molecule has 1 aliphatic carbocycles. The molecular weight excluding hydrogens is 272 g/mol. The van der Waals surface area contributed by atoms with Crippen LogP contribution in [0.15, 0.2) is 18.2 Å². The molecule has 1 N–H and O–H groups in total. The van der Waals surface area contributed by atoms with Crippen LogP contribution in [0.3, 0.4) is 0 Å². The number of halogens is 1. The Balaban J connectivity index is 1.84. The fraction of sp³-hybridized carbons (Fsp3) is 0.625. The molecule has 20 heavy (non-hydrogen) atoms. The monoisotopic (exact) mass is 294 g/mol. The van der Waals surface area contributed by atoms with Crippen LogP contribution in [0.2, 0.25) is 5.02 Å². The zero-order valence-corrected chi connectivity index (χ0v) is 12.8. The van der Waals surface area contributed by atoms with E-state index < -0.39 is 0 Å². The van der Waals surface area contributed by atoms with Gasteiger partial charge in [-0.3, -0.25) is 0 Å².